The molecule has 2 rings (SSSR count). The predicted octanol–water partition coefficient (Wildman–Crippen LogP) is 3.71. The van der Waals surface area contributed by atoms with E-state index in [4.69, 9.17) is 27.9 Å². The fourth-order valence-corrected chi connectivity index (χ4v) is 2.45. The van der Waals surface area contributed by atoms with Crippen molar-refractivity contribution in [1.82, 2.24) is 4.90 Å². The van der Waals surface area contributed by atoms with Gasteiger partial charge < -0.3 is 15.0 Å². The third-order valence-corrected chi connectivity index (χ3v) is 3.66. The Morgan fingerprint density at radius 1 is 1.08 bits per heavy atom. The first-order valence-corrected chi connectivity index (χ1v) is 7.82. The number of para-hydroxylation sites is 1. The molecular formula is C17H16Cl2N2O3. The molecule has 0 radical (unpaired) electrons. The summed E-state index contributed by atoms with van der Waals surface area (Å²) in [6, 6.07) is 11.6. The van der Waals surface area contributed by atoms with Crippen molar-refractivity contribution in [2.45, 2.75) is 0 Å². The summed E-state index contributed by atoms with van der Waals surface area (Å²) in [7, 11) is 3.32. The van der Waals surface area contributed by atoms with E-state index in [9.17, 15) is 9.59 Å². The molecule has 1 N–H and O–H groups in total. The Labute approximate surface area is 150 Å². The van der Waals surface area contributed by atoms with Crippen molar-refractivity contribution in [3.8, 4) is 5.75 Å². The number of hydrogen-bond acceptors (Lipinski definition) is 3. The minimum atomic E-state index is -0.388. The fourth-order valence-electron chi connectivity index (χ4n) is 1.94. The van der Waals surface area contributed by atoms with Gasteiger partial charge in [-0.25, -0.2) is 0 Å². The van der Waals surface area contributed by atoms with Crippen LogP contribution in [0.1, 0.15) is 10.4 Å². The number of rotatable bonds is 5. The molecule has 2 amide bonds. The van der Waals surface area contributed by atoms with Gasteiger partial charge in [-0.3, -0.25) is 9.59 Å². The van der Waals surface area contributed by atoms with Crippen molar-refractivity contribution in [2.24, 2.45) is 0 Å². The molecule has 0 heterocycles. The first-order chi connectivity index (χ1) is 11.4. The molecule has 0 aliphatic carbocycles. The zero-order valence-electron chi connectivity index (χ0n) is 13.2. The molecule has 24 heavy (non-hydrogen) atoms. The first kappa shape index (κ1) is 18.1. The number of amides is 2. The van der Waals surface area contributed by atoms with Crippen molar-refractivity contribution in [2.75, 3.05) is 26.0 Å². The van der Waals surface area contributed by atoms with E-state index in [0.717, 1.165) is 0 Å². The average Bonchev–Trinajstić information content (AvgIpc) is 2.53. The number of hydrogen-bond donors (Lipinski definition) is 1. The monoisotopic (exact) mass is 366 g/mol. The second kappa shape index (κ2) is 8.04. The molecule has 0 aliphatic heterocycles. The van der Waals surface area contributed by atoms with Crippen LogP contribution in [0, 0.1) is 0 Å². The number of nitrogens with one attached hydrogen (secondary N) is 1. The summed E-state index contributed by atoms with van der Waals surface area (Å²) in [6.07, 6.45) is 0. The van der Waals surface area contributed by atoms with E-state index in [0.29, 0.717) is 21.3 Å². The zero-order valence-corrected chi connectivity index (χ0v) is 14.7. The van der Waals surface area contributed by atoms with E-state index < -0.39 is 0 Å². The van der Waals surface area contributed by atoms with Gasteiger partial charge in [-0.15, -0.1) is 0 Å². The maximum absolute atomic E-state index is 12.0. The lowest BCUT2D eigenvalue weighted by Crippen LogP contribution is -2.23. The van der Waals surface area contributed by atoms with Crippen molar-refractivity contribution in [1.29, 1.82) is 0 Å². The van der Waals surface area contributed by atoms with Gasteiger partial charge >= 0.3 is 0 Å². The standard InChI is InChI=1S/C17H16Cl2N2O3/c1-21(2)17(23)11-5-3-6-12(9-11)20-15(22)10-24-16-13(18)7-4-8-14(16)19/h3-9H,10H2,1-2H3,(H,20,22). The van der Waals surface area contributed by atoms with Crippen molar-refractivity contribution in [3.05, 3.63) is 58.1 Å². The number of carbonyl (C=O) groups is 2. The van der Waals surface area contributed by atoms with E-state index in [1.54, 1.807) is 56.6 Å². The minimum Gasteiger partial charge on any atom is -0.481 e. The van der Waals surface area contributed by atoms with Crippen LogP contribution in [0.2, 0.25) is 10.0 Å². The largest absolute Gasteiger partial charge is 0.481 e. The molecule has 0 aromatic heterocycles. The summed E-state index contributed by atoms with van der Waals surface area (Å²) in [5, 5.41) is 3.32. The third kappa shape index (κ3) is 4.63. The van der Waals surface area contributed by atoms with Gasteiger partial charge in [0.25, 0.3) is 11.8 Å². The Kier molecular flexibility index (Phi) is 6.06. The third-order valence-electron chi connectivity index (χ3n) is 3.07. The van der Waals surface area contributed by atoms with Gasteiger partial charge in [0.2, 0.25) is 0 Å². The molecule has 2 aromatic carbocycles. The Morgan fingerprint density at radius 2 is 1.71 bits per heavy atom. The number of carbonyl (C=O) groups excluding carboxylic acids is 2. The quantitative estimate of drug-likeness (QED) is 0.877. The summed E-state index contributed by atoms with van der Waals surface area (Å²) < 4.78 is 5.37. The maximum Gasteiger partial charge on any atom is 0.262 e. The lowest BCUT2D eigenvalue weighted by atomic mass is 10.2. The van der Waals surface area contributed by atoms with Crippen LogP contribution in [0.3, 0.4) is 0 Å². The molecule has 0 fully saturated rings. The lowest BCUT2D eigenvalue weighted by Gasteiger charge is -2.12. The van der Waals surface area contributed by atoms with E-state index in [1.807, 2.05) is 0 Å². The number of anilines is 1. The van der Waals surface area contributed by atoms with E-state index >= 15 is 0 Å². The Hall–Kier alpha value is -2.24. The Balaban J connectivity index is 2.00. The number of halogens is 2. The molecule has 5 nitrogen and oxygen atoms in total. The van der Waals surface area contributed by atoms with E-state index in [1.165, 1.54) is 4.90 Å². The number of nitrogens with zero attached hydrogens (tertiary/aromatic N) is 1. The van der Waals surface area contributed by atoms with Crippen LogP contribution in [-0.2, 0) is 4.79 Å². The number of ether oxygens (including phenoxy) is 1. The smallest absolute Gasteiger partial charge is 0.262 e. The fraction of sp³-hybridized carbons (Fsp3) is 0.176. The first-order valence-electron chi connectivity index (χ1n) is 7.07. The van der Waals surface area contributed by atoms with Crippen LogP contribution in [0.15, 0.2) is 42.5 Å². The van der Waals surface area contributed by atoms with Crippen LogP contribution < -0.4 is 10.1 Å². The van der Waals surface area contributed by atoms with Crippen LogP contribution in [-0.4, -0.2) is 37.4 Å². The van der Waals surface area contributed by atoms with Gasteiger partial charge in [-0.2, -0.15) is 0 Å². The SMILES string of the molecule is CN(C)C(=O)c1cccc(NC(=O)COc2c(Cl)cccc2Cl)c1. The van der Waals surface area contributed by atoms with Gasteiger partial charge in [-0.1, -0.05) is 35.3 Å². The molecular weight excluding hydrogens is 351 g/mol. The predicted molar refractivity (Wildman–Crippen MR) is 95.0 cm³/mol. The summed E-state index contributed by atoms with van der Waals surface area (Å²) >= 11 is 12.0. The van der Waals surface area contributed by atoms with E-state index in [2.05, 4.69) is 5.32 Å². The van der Waals surface area contributed by atoms with Gasteiger partial charge in [0, 0.05) is 25.3 Å². The van der Waals surface area contributed by atoms with Gasteiger partial charge in [0.05, 0.1) is 10.0 Å². The molecule has 0 atom stereocenters. The lowest BCUT2D eigenvalue weighted by molar-refractivity contribution is -0.118. The van der Waals surface area contributed by atoms with Gasteiger partial charge in [0.15, 0.2) is 12.4 Å². The summed E-state index contributed by atoms with van der Waals surface area (Å²) in [5.41, 5.74) is 0.981. The highest BCUT2D eigenvalue weighted by molar-refractivity contribution is 6.37. The maximum atomic E-state index is 12.0. The molecule has 0 spiro atoms. The Bertz CT molecular complexity index is 743. The molecule has 0 bridgehead atoms. The highest BCUT2D eigenvalue weighted by Gasteiger charge is 2.12. The van der Waals surface area contributed by atoms with Crippen LogP contribution >= 0.6 is 23.2 Å². The summed E-state index contributed by atoms with van der Waals surface area (Å²) in [5.74, 6) is -0.279. The molecule has 0 saturated carbocycles. The normalized spacial score (nSPS) is 10.2. The molecule has 2 aromatic rings. The van der Waals surface area contributed by atoms with Crippen LogP contribution in [0.5, 0.6) is 5.75 Å². The second-order valence-corrected chi connectivity index (χ2v) is 5.98. The van der Waals surface area contributed by atoms with E-state index in [-0.39, 0.29) is 24.2 Å². The molecule has 0 unspecified atom stereocenters. The molecule has 126 valence electrons. The minimum absolute atomic E-state index is 0.148. The van der Waals surface area contributed by atoms with Crippen molar-refractivity contribution >= 4 is 40.7 Å². The number of benzene rings is 2. The molecule has 0 saturated heterocycles. The second-order valence-electron chi connectivity index (χ2n) is 5.17. The highest BCUT2D eigenvalue weighted by atomic mass is 35.5. The molecule has 7 heteroatoms. The van der Waals surface area contributed by atoms with Gasteiger partial charge in [0.1, 0.15) is 0 Å². The Morgan fingerprint density at radius 3 is 2.33 bits per heavy atom. The highest BCUT2D eigenvalue weighted by Crippen LogP contribution is 2.32. The van der Waals surface area contributed by atoms with Crippen molar-refractivity contribution in [3.63, 3.8) is 0 Å². The molecule has 0 aliphatic rings. The van der Waals surface area contributed by atoms with Crippen LogP contribution in [0.4, 0.5) is 5.69 Å². The summed E-state index contributed by atoms with van der Waals surface area (Å²) in [6.45, 7) is -0.255. The van der Waals surface area contributed by atoms with Crippen LogP contribution in [0.25, 0.3) is 0 Å². The topological polar surface area (TPSA) is 58.6 Å². The van der Waals surface area contributed by atoms with Gasteiger partial charge in [-0.05, 0) is 30.3 Å². The van der Waals surface area contributed by atoms with Crippen molar-refractivity contribution < 1.29 is 14.3 Å². The zero-order chi connectivity index (χ0) is 17.7. The summed E-state index contributed by atoms with van der Waals surface area (Å²) in [4.78, 5) is 25.4. The average molecular weight is 367 g/mol.